The quantitative estimate of drug-likeness (QED) is 0.442. The van der Waals surface area contributed by atoms with Crippen molar-refractivity contribution in [3.63, 3.8) is 0 Å². The Morgan fingerprint density at radius 1 is 0.920 bits per heavy atom. The maximum Gasteiger partial charge on any atom is 0.469 e. The molecule has 0 aliphatic heterocycles. The average Bonchev–Trinajstić information content (AvgIpc) is 2.58. The molecule has 0 aliphatic carbocycles. The van der Waals surface area contributed by atoms with Gasteiger partial charge in [0.2, 0.25) is 0 Å². The highest BCUT2D eigenvalue weighted by Gasteiger charge is 2.11. The summed E-state index contributed by atoms with van der Waals surface area (Å²) in [4.78, 5) is 21.1. The normalized spacial score (nSPS) is 11.8. The van der Waals surface area contributed by atoms with E-state index in [1.807, 2.05) is 0 Å². The van der Waals surface area contributed by atoms with Crippen LogP contribution < -0.4 is 0 Å². The highest BCUT2D eigenvalue weighted by atomic mass is 79.9. The second kappa shape index (κ2) is 20.5. The Morgan fingerprint density at radius 3 is 1.40 bits per heavy atom. The van der Waals surface area contributed by atoms with Gasteiger partial charge in [0, 0.05) is 4.48 Å². The summed E-state index contributed by atoms with van der Waals surface area (Å²) >= 11 is 2.92. The van der Waals surface area contributed by atoms with Crippen LogP contribution >= 0.6 is 23.8 Å². The number of phosphoric ester groups is 1. The van der Waals surface area contributed by atoms with Gasteiger partial charge in [-0.25, -0.2) is 4.57 Å². The Hall–Kier alpha value is 0.210. The molecule has 154 valence electrons. The van der Waals surface area contributed by atoms with E-state index < -0.39 is 7.82 Å². The molecule has 0 bridgehead atoms. The maximum absolute atomic E-state index is 10.1. The van der Waals surface area contributed by atoms with E-state index in [2.05, 4.69) is 71.8 Å². The van der Waals surface area contributed by atoms with E-state index in [1.165, 1.54) is 45.3 Å². The summed E-state index contributed by atoms with van der Waals surface area (Å²) in [5.74, 6) is 0. The van der Waals surface area contributed by atoms with E-state index in [0.29, 0.717) is 4.48 Å². The molecule has 0 amide bonds. The SMILES string of the molecule is CCN(CC)CC.CCN(CC)CC.O=P(O)(O)OC/C=C(\Br)CO. The van der Waals surface area contributed by atoms with Crippen molar-refractivity contribution in [2.75, 3.05) is 52.5 Å². The molecule has 7 nitrogen and oxygen atoms in total. The number of hydrogen-bond donors (Lipinski definition) is 3. The molecular formula is C16H38BrN2O5P. The minimum atomic E-state index is -4.38. The van der Waals surface area contributed by atoms with Crippen LogP contribution in [0.2, 0.25) is 0 Å². The first-order chi connectivity index (χ1) is 11.6. The van der Waals surface area contributed by atoms with Crippen LogP contribution in [-0.2, 0) is 9.09 Å². The smallest absolute Gasteiger partial charge is 0.391 e. The lowest BCUT2D eigenvalue weighted by Crippen LogP contribution is -2.21. The fraction of sp³-hybridized carbons (Fsp3) is 0.875. The van der Waals surface area contributed by atoms with Gasteiger partial charge in [-0.1, -0.05) is 57.5 Å². The van der Waals surface area contributed by atoms with Crippen LogP contribution in [-0.4, -0.2) is 77.2 Å². The number of halogens is 1. The molecule has 0 heterocycles. The van der Waals surface area contributed by atoms with Gasteiger partial charge >= 0.3 is 7.82 Å². The molecule has 0 rings (SSSR count). The maximum atomic E-state index is 10.1. The molecule has 0 saturated heterocycles. The number of rotatable bonds is 10. The summed E-state index contributed by atoms with van der Waals surface area (Å²) in [6, 6.07) is 0. The minimum Gasteiger partial charge on any atom is -0.391 e. The highest BCUT2D eigenvalue weighted by Crippen LogP contribution is 2.35. The van der Waals surface area contributed by atoms with Crippen molar-refractivity contribution in [2.24, 2.45) is 0 Å². The molecule has 3 N–H and O–H groups in total. The van der Waals surface area contributed by atoms with Crippen molar-refractivity contribution in [2.45, 2.75) is 41.5 Å². The predicted molar refractivity (Wildman–Crippen MR) is 109 cm³/mol. The van der Waals surface area contributed by atoms with E-state index in [1.54, 1.807) is 0 Å². The minimum absolute atomic E-state index is 0.218. The van der Waals surface area contributed by atoms with Gasteiger partial charge in [0.05, 0.1) is 13.2 Å². The first-order valence-corrected chi connectivity index (χ1v) is 11.1. The van der Waals surface area contributed by atoms with Crippen LogP contribution in [0.3, 0.4) is 0 Å². The predicted octanol–water partition coefficient (Wildman–Crippen LogP) is 3.06. The van der Waals surface area contributed by atoms with Crippen LogP contribution in [0.25, 0.3) is 0 Å². The third kappa shape index (κ3) is 26.5. The number of phosphoric acid groups is 1. The van der Waals surface area contributed by atoms with E-state index in [-0.39, 0.29) is 13.2 Å². The Kier molecular flexibility index (Phi) is 24.6. The van der Waals surface area contributed by atoms with E-state index in [9.17, 15) is 4.57 Å². The summed E-state index contributed by atoms with van der Waals surface area (Å²) in [7, 11) is -4.38. The fourth-order valence-corrected chi connectivity index (χ4v) is 2.03. The van der Waals surface area contributed by atoms with Gasteiger partial charge in [0.25, 0.3) is 0 Å². The largest absolute Gasteiger partial charge is 0.469 e. The van der Waals surface area contributed by atoms with Crippen LogP contribution in [0.15, 0.2) is 10.6 Å². The number of aliphatic hydroxyl groups is 1. The topological polar surface area (TPSA) is 93.5 Å². The summed E-state index contributed by atoms with van der Waals surface area (Å²) in [5, 5.41) is 8.40. The summed E-state index contributed by atoms with van der Waals surface area (Å²) in [6.07, 6.45) is 1.32. The molecule has 0 saturated carbocycles. The van der Waals surface area contributed by atoms with Crippen molar-refractivity contribution in [3.05, 3.63) is 10.6 Å². The van der Waals surface area contributed by atoms with Gasteiger partial charge in [0.1, 0.15) is 0 Å². The number of hydrogen-bond acceptors (Lipinski definition) is 5. The zero-order valence-corrected chi connectivity index (χ0v) is 19.1. The Balaban J connectivity index is -0.000000304. The van der Waals surface area contributed by atoms with Crippen LogP contribution in [0.4, 0.5) is 0 Å². The average molecular weight is 449 g/mol. The molecule has 0 aromatic heterocycles. The molecule has 0 aromatic rings. The number of aliphatic hydroxyl groups excluding tert-OH is 1. The van der Waals surface area contributed by atoms with Crippen molar-refractivity contribution in [1.82, 2.24) is 9.80 Å². The van der Waals surface area contributed by atoms with Crippen molar-refractivity contribution >= 4 is 23.8 Å². The summed E-state index contributed by atoms with van der Waals surface area (Å²) < 4.78 is 14.5. The fourth-order valence-electron chi connectivity index (χ4n) is 1.63. The molecule has 0 unspecified atom stereocenters. The van der Waals surface area contributed by atoms with Gasteiger partial charge in [0.15, 0.2) is 0 Å². The van der Waals surface area contributed by atoms with Gasteiger partial charge in [-0.2, -0.15) is 0 Å². The molecule has 0 fully saturated rings. The standard InChI is InChI=1S/2C6H15N.C4H8BrO5P/c2*1-4-7(5-2)6-3;5-4(3-6)1-2-10-11(7,8)9/h2*4-6H2,1-3H3;1,6H,2-3H2,(H2,7,8,9)/b;;4-1-. The zero-order chi connectivity index (χ0) is 20.3. The lowest BCUT2D eigenvalue weighted by molar-refractivity contribution is 0.215. The molecule has 0 aliphatic rings. The molecule has 0 radical (unpaired) electrons. The van der Waals surface area contributed by atoms with E-state index in [4.69, 9.17) is 14.9 Å². The molecule has 0 spiro atoms. The van der Waals surface area contributed by atoms with Crippen molar-refractivity contribution in [1.29, 1.82) is 0 Å². The molecule has 0 aromatic carbocycles. The molecule has 25 heavy (non-hydrogen) atoms. The van der Waals surface area contributed by atoms with Crippen molar-refractivity contribution < 1.29 is 24.0 Å². The van der Waals surface area contributed by atoms with Gasteiger partial charge in [-0.15, -0.1) is 0 Å². The van der Waals surface area contributed by atoms with Gasteiger partial charge in [-0.3, -0.25) is 4.52 Å². The monoisotopic (exact) mass is 448 g/mol. The van der Waals surface area contributed by atoms with Gasteiger partial charge < -0.3 is 24.7 Å². The zero-order valence-electron chi connectivity index (χ0n) is 16.6. The third-order valence-electron chi connectivity index (χ3n) is 3.38. The first kappa shape index (κ1) is 30.0. The summed E-state index contributed by atoms with van der Waals surface area (Å²) in [5.41, 5.74) is 0. The van der Waals surface area contributed by atoms with Crippen molar-refractivity contribution in [3.8, 4) is 0 Å². The second-order valence-corrected chi connectivity index (χ2v) is 7.09. The Bertz CT molecular complexity index is 322. The summed E-state index contributed by atoms with van der Waals surface area (Å²) in [6.45, 7) is 19.8. The lowest BCUT2D eigenvalue weighted by Gasteiger charge is -2.13. The third-order valence-corrected chi connectivity index (χ3v) is 4.44. The lowest BCUT2D eigenvalue weighted by atomic mass is 10.5. The van der Waals surface area contributed by atoms with E-state index in [0.717, 1.165) is 0 Å². The first-order valence-electron chi connectivity index (χ1n) is 8.75. The van der Waals surface area contributed by atoms with Crippen LogP contribution in [0.1, 0.15) is 41.5 Å². The van der Waals surface area contributed by atoms with Crippen LogP contribution in [0, 0.1) is 0 Å². The van der Waals surface area contributed by atoms with Crippen LogP contribution in [0.5, 0.6) is 0 Å². The molecule has 0 atom stereocenters. The van der Waals surface area contributed by atoms with E-state index >= 15 is 0 Å². The molecule has 9 heteroatoms. The Labute approximate surface area is 162 Å². The molecular weight excluding hydrogens is 411 g/mol. The Morgan fingerprint density at radius 2 is 1.24 bits per heavy atom. The van der Waals surface area contributed by atoms with Gasteiger partial charge in [-0.05, 0) is 45.3 Å². The second-order valence-electron chi connectivity index (χ2n) is 4.83. The number of nitrogens with zero attached hydrogens (tertiary/aromatic N) is 2. The highest BCUT2D eigenvalue weighted by molar-refractivity contribution is 9.11.